The van der Waals surface area contributed by atoms with Crippen LogP contribution in [0.2, 0.25) is 0 Å². The van der Waals surface area contributed by atoms with E-state index in [0.29, 0.717) is 6.54 Å². The lowest BCUT2D eigenvalue weighted by atomic mass is 9.96. The van der Waals surface area contributed by atoms with Crippen molar-refractivity contribution in [1.82, 2.24) is 15.5 Å². The molecule has 1 aliphatic rings. The standard InChI is InChI=1S/C13H24N4.HI/c1-5-10-15-12(14-2)16-11-13(17(3)4)8-6-7-9-13;/h1H,6-11H2,2-4H3,(H2,14,15,16);1H. The number of hydrogen-bond donors (Lipinski definition) is 2. The number of nitrogens with zero attached hydrogens (tertiary/aromatic N) is 2. The highest BCUT2D eigenvalue weighted by atomic mass is 127. The van der Waals surface area contributed by atoms with E-state index >= 15 is 0 Å². The van der Waals surface area contributed by atoms with Crippen molar-refractivity contribution in [3.63, 3.8) is 0 Å². The van der Waals surface area contributed by atoms with Gasteiger partial charge in [-0.1, -0.05) is 18.8 Å². The van der Waals surface area contributed by atoms with Gasteiger partial charge in [0.15, 0.2) is 5.96 Å². The zero-order chi connectivity index (χ0) is 12.7. The summed E-state index contributed by atoms with van der Waals surface area (Å²) in [6.07, 6.45) is 10.4. The van der Waals surface area contributed by atoms with Gasteiger partial charge >= 0.3 is 0 Å². The number of terminal acetylenes is 1. The second-order valence-corrected chi connectivity index (χ2v) is 4.81. The molecule has 0 bridgehead atoms. The van der Waals surface area contributed by atoms with Gasteiger partial charge in [-0.2, -0.15) is 0 Å². The second-order valence-electron chi connectivity index (χ2n) is 4.81. The average molecular weight is 364 g/mol. The van der Waals surface area contributed by atoms with E-state index in [1.165, 1.54) is 25.7 Å². The van der Waals surface area contributed by atoms with E-state index in [9.17, 15) is 0 Å². The van der Waals surface area contributed by atoms with E-state index in [-0.39, 0.29) is 29.5 Å². The summed E-state index contributed by atoms with van der Waals surface area (Å²) in [5.41, 5.74) is 0.272. The Morgan fingerprint density at radius 2 is 1.94 bits per heavy atom. The number of hydrogen-bond acceptors (Lipinski definition) is 2. The average Bonchev–Trinajstić information content (AvgIpc) is 2.79. The molecule has 1 rings (SSSR count). The Labute approximate surface area is 128 Å². The van der Waals surface area contributed by atoms with E-state index in [2.05, 4.69) is 40.5 Å². The lowest BCUT2D eigenvalue weighted by Crippen LogP contribution is -2.53. The van der Waals surface area contributed by atoms with Crippen LogP contribution in [0.5, 0.6) is 0 Å². The van der Waals surface area contributed by atoms with Crippen molar-refractivity contribution in [2.75, 3.05) is 34.2 Å². The zero-order valence-electron chi connectivity index (χ0n) is 11.6. The lowest BCUT2D eigenvalue weighted by molar-refractivity contribution is 0.160. The molecule has 18 heavy (non-hydrogen) atoms. The maximum Gasteiger partial charge on any atom is 0.191 e. The van der Waals surface area contributed by atoms with Crippen LogP contribution < -0.4 is 10.6 Å². The number of aliphatic imine (C=N–C) groups is 1. The molecule has 0 radical (unpaired) electrons. The minimum absolute atomic E-state index is 0. The predicted molar refractivity (Wildman–Crippen MR) is 88.5 cm³/mol. The fourth-order valence-corrected chi connectivity index (χ4v) is 2.42. The Kier molecular flexibility index (Phi) is 8.36. The number of halogens is 1. The van der Waals surface area contributed by atoms with Gasteiger partial charge in [0.1, 0.15) is 0 Å². The number of likely N-dealkylation sites (N-methyl/N-ethyl adjacent to an activating group) is 1. The van der Waals surface area contributed by atoms with E-state index in [0.717, 1.165) is 12.5 Å². The topological polar surface area (TPSA) is 39.7 Å². The quantitative estimate of drug-likeness (QED) is 0.342. The fourth-order valence-electron chi connectivity index (χ4n) is 2.42. The van der Waals surface area contributed by atoms with Crippen molar-refractivity contribution in [2.24, 2.45) is 4.99 Å². The summed E-state index contributed by atoms with van der Waals surface area (Å²) in [6.45, 7) is 1.43. The van der Waals surface area contributed by atoms with E-state index < -0.39 is 0 Å². The van der Waals surface area contributed by atoms with Crippen LogP contribution in [-0.2, 0) is 0 Å². The van der Waals surface area contributed by atoms with Crippen molar-refractivity contribution in [2.45, 2.75) is 31.2 Å². The van der Waals surface area contributed by atoms with Gasteiger partial charge in [0.05, 0.1) is 6.54 Å². The summed E-state index contributed by atoms with van der Waals surface area (Å²) in [5.74, 6) is 3.34. The SMILES string of the molecule is C#CCNC(=NC)NCC1(N(C)C)CCCC1.I. The molecular weight excluding hydrogens is 339 g/mol. The largest absolute Gasteiger partial charge is 0.355 e. The van der Waals surface area contributed by atoms with Crippen LogP contribution in [0.15, 0.2) is 4.99 Å². The molecule has 0 aromatic heterocycles. The molecule has 1 aliphatic carbocycles. The van der Waals surface area contributed by atoms with Crippen molar-refractivity contribution in [3.8, 4) is 12.3 Å². The first-order valence-corrected chi connectivity index (χ1v) is 6.20. The number of nitrogens with one attached hydrogen (secondary N) is 2. The van der Waals surface area contributed by atoms with E-state index in [1.54, 1.807) is 7.05 Å². The Hall–Kier alpha value is -0.480. The highest BCUT2D eigenvalue weighted by molar-refractivity contribution is 14.0. The van der Waals surface area contributed by atoms with Crippen molar-refractivity contribution in [3.05, 3.63) is 0 Å². The molecule has 104 valence electrons. The summed E-state index contributed by atoms with van der Waals surface area (Å²) in [6, 6.07) is 0. The van der Waals surface area contributed by atoms with Crippen molar-refractivity contribution in [1.29, 1.82) is 0 Å². The summed E-state index contributed by atoms with van der Waals surface area (Å²) in [4.78, 5) is 6.49. The highest BCUT2D eigenvalue weighted by Gasteiger charge is 2.35. The van der Waals surface area contributed by atoms with Gasteiger partial charge in [-0.15, -0.1) is 30.4 Å². The summed E-state index contributed by atoms with van der Waals surface area (Å²) in [7, 11) is 6.08. The molecule has 0 aromatic carbocycles. The van der Waals surface area contributed by atoms with Gasteiger partial charge in [0, 0.05) is 19.1 Å². The summed E-state index contributed by atoms with van der Waals surface area (Å²) < 4.78 is 0. The molecular formula is C13H25IN4. The number of guanidine groups is 1. The highest BCUT2D eigenvalue weighted by Crippen LogP contribution is 2.32. The van der Waals surface area contributed by atoms with Crippen LogP contribution in [0.1, 0.15) is 25.7 Å². The summed E-state index contributed by atoms with van der Waals surface area (Å²) in [5, 5.41) is 6.45. The maximum atomic E-state index is 5.22. The van der Waals surface area contributed by atoms with Gasteiger partial charge in [-0.3, -0.25) is 4.99 Å². The molecule has 0 spiro atoms. The first-order valence-electron chi connectivity index (χ1n) is 6.20. The Bertz CT molecular complexity index is 301. The molecule has 0 aliphatic heterocycles. The lowest BCUT2D eigenvalue weighted by Gasteiger charge is -2.36. The Morgan fingerprint density at radius 1 is 1.33 bits per heavy atom. The third-order valence-corrected chi connectivity index (χ3v) is 3.65. The predicted octanol–water partition coefficient (Wildman–Crippen LogP) is 1.28. The van der Waals surface area contributed by atoms with Gasteiger partial charge in [0.2, 0.25) is 0 Å². The second kappa shape index (κ2) is 8.59. The monoisotopic (exact) mass is 364 g/mol. The summed E-state index contributed by atoms with van der Waals surface area (Å²) >= 11 is 0. The maximum absolute atomic E-state index is 5.22. The molecule has 4 nitrogen and oxygen atoms in total. The van der Waals surface area contributed by atoms with Crippen LogP contribution in [0.25, 0.3) is 0 Å². The normalized spacial score (nSPS) is 18.1. The fraction of sp³-hybridized carbons (Fsp3) is 0.769. The third kappa shape index (κ3) is 4.65. The molecule has 1 fully saturated rings. The van der Waals surface area contributed by atoms with E-state index in [4.69, 9.17) is 6.42 Å². The van der Waals surface area contributed by atoms with Crippen LogP contribution in [-0.4, -0.2) is 50.6 Å². The molecule has 0 heterocycles. The number of rotatable bonds is 4. The van der Waals surface area contributed by atoms with E-state index in [1.807, 2.05) is 0 Å². The molecule has 5 heteroatoms. The van der Waals surface area contributed by atoms with Crippen molar-refractivity contribution >= 4 is 29.9 Å². The molecule has 0 atom stereocenters. The Morgan fingerprint density at radius 3 is 2.39 bits per heavy atom. The van der Waals surface area contributed by atoms with Gasteiger partial charge < -0.3 is 15.5 Å². The van der Waals surface area contributed by atoms with Gasteiger partial charge in [-0.05, 0) is 26.9 Å². The zero-order valence-corrected chi connectivity index (χ0v) is 14.0. The molecule has 0 saturated heterocycles. The van der Waals surface area contributed by atoms with Crippen LogP contribution in [0, 0.1) is 12.3 Å². The van der Waals surface area contributed by atoms with Crippen LogP contribution in [0.3, 0.4) is 0 Å². The van der Waals surface area contributed by atoms with Crippen LogP contribution >= 0.6 is 24.0 Å². The molecule has 0 aromatic rings. The molecule has 2 N–H and O–H groups in total. The molecule has 0 unspecified atom stereocenters. The molecule has 1 saturated carbocycles. The Balaban J connectivity index is 0.00000289. The third-order valence-electron chi connectivity index (χ3n) is 3.65. The first kappa shape index (κ1) is 17.5. The first-order chi connectivity index (χ1) is 8.14. The molecule has 0 amide bonds. The smallest absolute Gasteiger partial charge is 0.191 e. The minimum Gasteiger partial charge on any atom is -0.355 e. The van der Waals surface area contributed by atoms with Gasteiger partial charge in [0.25, 0.3) is 0 Å². The van der Waals surface area contributed by atoms with Crippen LogP contribution in [0.4, 0.5) is 0 Å². The van der Waals surface area contributed by atoms with Gasteiger partial charge in [-0.25, -0.2) is 0 Å². The van der Waals surface area contributed by atoms with Crippen molar-refractivity contribution < 1.29 is 0 Å². The minimum atomic E-state index is 0.